The van der Waals surface area contributed by atoms with E-state index >= 15 is 0 Å². The molecule has 2 rings (SSSR count). The monoisotopic (exact) mass is 341 g/mol. The first-order valence-corrected chi connectivity index (χ1v) is 8.55. The summed E-state index contributed by atoms with van der Waals surface area (Å²) in [4.78, 5) is 24.1. The molecule has 0 spiro atoms. The Balaban J connectivity index is 1.83. The van der Waals surface area contributed by atoms with Crippen LogP contribution in [-0.2, 0) is 14.8 Å². The number of imide groups is 1. The quantitative estimate of drug-likeness (QED) is 0.548. The minimum Gasteiger partial charge on any atom is -0.497 e. The number of nitrogens with zero attached hydrogens (tertiary/aromatic N) is 1. The molecule has 0 bridgehead atoms. The highest BCUT2D eigenvalue weighted by Gasteiger charge is 2.34. The minimum absolute atomic E-state index is 0.142. The molecule has 1 atom stereocenters. The minimum atomic E-state index is -3.60. The predicted molar refractivity (Wildman–Crippen MR) is 82.5 cm³/mol. The molecule has 1 aromatic carbocycles. The molecule has 1 aromatic rings. The number of hydrogen-bond acceptors (Lipinski definition) is 5. The molecule has 0 saturated carbocycles. The molecule has 0 unspecified atom stereocenters. The molecule has 1 fully saturated rings. The lowest BCUT2D eigenvalue weighted by Crippen LogP contribution is -2.31. The molecule has 2 N–H and O–H groups in total. The van der Waals surface area contributed by atoms with Crippen molar-refractivity contribution in [2.45, 2.75) is 23.8 Å². The highest BCUT2D eigenvalue weighted by atomic mass is 32.2. The number of likely N-dealkylation sites (N-methyl/N-ethyl adjacent to an activating group) is 1. The molecule has 0 aromatic heterocycles. The van der Waals surface area contributed by atoms with Gasteiger partial charge in [0.25, 0.3) is 5.91 Å². The van der Waals surface area contributed by atoms with Crippen molar-refractivity contribution in [1.29, 1.82) is 0 Å². The number of hydrogen-bond donors (Lipinski definition) is 2. The van der Waals surface area contributed by atoms with Crippen molar-refractivity contribution in [3.05, 3.63) is 24.3 Å². The van der Waals surface area contributed by atoms with Crippen LogP contribution in [0.2, 0.25) is 0 Å². The molecule has 3 amide bonds. The van der Waals surface area contributed by atoms with Crippen molar-refractivity contribution in [3.63, 3.8) is 0 Å². The van der Waals surface area contributed by atoms with Gasteiger partial charge in [-0.15, -0.1) is 0 Å². The van der Waals surface area contributed by atoms with Gasteiger partial charge in [0.1, 0.15) is 11.8 Å². The summed E-state index contributed by atoms with van der Waals surface area (Å²) in [5.41, 5.74) is 0. The van der Waals surface area contributed by atoms with Crippen molar-refractivity contribution in [1.82, 2.24) is 14.9 Å². The lowest BCUT2D eigenvalue weighted by atomic mass is 10.1. The molecule has 8 nitrogen and oxygen atoms in total. The number of carbonyl (C=O) groups is 2. The van der Waals surface area contributed by atoms with Crippen LogP contribution in [0.15, 0.2) is 29.2 Å². The number of carbonyl (C=O) groups excluding carboxylic acids is 2. The molecule has 9 heteroatoms. The first-order valence-electron chi connectivity index (χ1n) is 7.07. The molecular weight excluding hydrogens is 322 g/mol. The zero-order valence-corrected chi connectivity index (χ0v) is 13.7. The van der Waals surface area contributed by atoms with Crippen LogP contribution in [-0.4, -0.2) is 52.0 Å². The zero-order valence-electron chi connectivity index (χ0n) is 12.9. The number of ether oxygens (including phenoxy) is 1. The molecule has 1 aliphatic heterocycles. The van der Waals surface area contributed by atoms with Crippen LogP contribution in [0, 0.1) is 0 Å². The maximum absolute atomic E-state index is 12.1. The van der Waals surface area contributed by atoms with E-state index in [2.05, 4.69) is 10.0 Å². The van der Waals surface area contributed by atoms with E-state index in [1.165, 1.54) is 26.3 Å². The zero-order chi connectivity index (χ0) is 17.0. The standard InChI is InChI=1S/C14H19N3O5S/c1-17-13(18)12(16-14(17)19)4-3-9-15-23(20,21)11-7-5-10(22-2)6-8-11/h5-8,12,15H,3-4,9H2,1-2H3,(H,16,19)/t12-/m0/s1. The maximum Gasteiger partial charge on any atom is 0.324 e. The summed E-state index contributed by atoms with van der Waals surface area (Å²) in [6, 6.07) is 5.03. The SMILES string of the molecule is COc1ccc(S(=O)(=O)NCCC[C@@H]2NC(=O)N(C)C2=O)cc1. The van der Waals surface area contributed by atoms with Gasteiger partial charge in [-0.1, -0.05) is 0 Å². The normalized spacial score (nSPS) is 18.2. The summed E-state index contributed by atoms with van der Waals surface area (Å²) in [5, 5.41) is 2.54. The molecule has 1 heterocycles. The average Bonchev–Trinajstić information content (AvgIpc) is 2.79. The second kappa shape index (κ2) is 6.97. The van der Waals surface area contributed by atoms with E-state index in [1.54, 1.807) is 12.1 Å². The highest BCUT2D eigenvalue weighted by Crippen LogP contribution is 2.15. The fourth-order valence-electron chi connectivity index (χ4n) is 2.19. The molecule has 23 heavy (non-hydrogen) atoms. The average molecular weight is 341 g/mol. The van der Waals surface area contributed by atoms with Gasteiger partial charge in [-0.05, 0) is 37.1 Å². The van der Waals surface area contributed by atoms with E-state index in [0.717, 1.165) is 4.90 Å². The lowest BCUT2D eigenvalue weighted by Gasteiger charge is -2.09. The third-order valence-electron chi connectivity index (χ3n) is 3.56. The van der Waals surface area contributed by atoms with E-state index < -0.39 is 22.1 Å². The summed E-state index contributed by atoms with van der Waals surface area (Å²) >= 11 is 0. The smallest absolute Gasteiger partial charge is 0.324 e. The first-order chi connectivity index (χ1) is 10.8. The van der Waals surface area contributed by atoms with Crippen LogP contribution < -0.4 is 14.8 Å². The van der Waals surface area contributed by atoms with Crippen LogP contribution in [0.1, 0.15) is 12.8 Å². The topological polar surface area (TPSA) is 105 Å². The van der Waals surface area contributed by atoms with Gasteiger partial charge in [-0.3, -0.25) is 9.69 Å². The summed E-state index contributed by atoms with van der Waals surface area (Å²) in [5.74, 6) is 0.275. The Labute approximate surface area is 134 Å². The number of benzene rings is 1. The number of methoxy groups -OCH3 is 1. The number of urea groups is 1. The van der Waals surface area contributed by atoms with E-state index in [-0.39, 0.29) is 17.3 Å². The van der Waals surface area contributed by atoms with Crippen LogP contribution in [0.4, 0.5) is 4.79 Å². The van der Waals surface area contributed by atoms with Crippen LogP contribution >= 0.6 is 0 Å². The van der Waals surface area contributed by atoms with Crippen molar-refractivity contribution in [3.8, 4) is 5.75 Å². The summed E-state index contributed by atoms with van der Waals surface area (Å²) in [6.07, 6.45) is 0.806. The Morgan fingerprint density at radius 1 is 1.26 bits per heavy atom. The Bertz CT molecular complexity index is 687. The van der Waals surface area contributed by atoms with Gasteiger partial charge in [0.2, 0.25) is 10.0 Å². The van der Waals surface area contributed by atoms with Crippen molar-refractivity contribution in [2.75, 3.05) is 20.7 Å². The second-order valence-corrected chi connectivity index (χ2v) is 6.88. The number of rotatable bonds is 7. The van der Waals surface area contributed by atoms with Crippen LogP contribution in [0.3, 0.4) is 0 Å². The number of nitrogens with one attached hydrogen (secondary N) is 2. The largest absolute Gasteiger partial charge is 0.497 e. The fraction of sp³-hybridized carbons (Fsp3) is 0.429. The van der Waals surface area contributed by atoms with Gasteiger partial charge in [0, 0.05) is 13.6 Å². The first kappa shape index (κ1) is 17.2. The summed E-state index contributed by atoms with van der Waals surface area (Å²) < 4.78 is 31.6. The van der Waals surface area contributed by atoms with Crippen molar-refractivity contribution >= 4 is 22.0 Å². The summed E-state index contributed by atoms with van der Waals surface area (Å²) in [6.45, 7) is 0.178. The number of amides is 3. The molecule has 0 radical (unpaired) electrons. The van der Waals surface area contributed by atoms with Gasteiger partial charge in [0.05, 0.1) is 12.0 Å². The lowest BCUT2D eigenvalue weighted by molar-refractivity contribution is -0.126. The van der Waals surface area contributed by atoms with Gasteiger partial charge < -0.3 is 10.1 Å². The van der Waals surface area contributed by atoms with Gasteiger partial charge in [0.15, 0.2) is 0 Å². The second-order valence-electron chi connectivity index (χ2n) is 5.11. The summed E-state index contributed by atoms with van der Waals surface area (Å²) in [7, 11) is -0.695. The maximum atomic E-state index is 12.1. The van der Waals surface area contributed by atoms with Crippen LogP contribution in [0.25, 0.3) is 0 Å². The number of sulfonamides is 1. The van der Waals surface area contributed by atoms with E-state index in [9.17, 15) is 18.0 Å². The third kappa shape index (κ3) is 3.99. The van der Waals surface area contributed by atoms with Crippen molar-refractivity contribution < 1.29 is 22.7 Å². The third-order valence-corrected chi connectivity index (χ3v) is 5.04. The molecule has 126 valence electrons. The van der Waals surface area contributed by atoms with Gasteiger partial charge in [-0.2, -0.15) is 0 Å². The van der Waals surface area contributed by atoms with E-state index in [4.69, 9.17) is 4.74 Å². The van der Waals surface area contributed by atoms with E-state index in [1.807, 2.05) is 0 Å². The molecular formula is C14H19N3O5S. The molecule has 1 saturated heterocycles. The Kier molecular flexibility index (Phi) is 5.22. The fourth-order valence-corrected chi connectivity index (χ4v) is 3.26. The molecule has 1 aliphatic rings. The van der Waals surface area contributed by atoms with E-state index in [0.29, 0.717) is 18.6 Å². The Hall–Kier alpha value is -2.13. The highest BCUT2D eigenvalue weighted by molar-refractivity contribution is 7.89. The predicted octanol–water partition coefficient (Wildman–Crippen LogP) is 0.304. The van der Waals surface area contributed by atoms with Gasteiger partial charge in [-0.25, -0.2) is 17.9 Å². The van der Waals surface area contributed by atoms with Crippen molar-refractivity contribution in [2.24, 2.45) is 0 Å². The molecule has 0 aliphatic carbocycles. The van der Waals surface area contributed by atoms with Crippen LogP contribution in [0.5, 0.6) is 5.75 Å². The Morgan fingerprint density at radius 3 is 2.43 bits per heavy atom. The Morgan fingerprint density at radius 2 is 1.91 bits per heavy atom. The van der Waals surface area contributed by atoms with Gasteiger partial charge >= 0.3 is 6.03 Å².